The van der Waals surface area contributed by atoms with Gasteiger partial charge in [-0.1, -0.05) is 45.4 Å². The van der Waals surface area contributed by atoms with Crippen molar-refractivity contribution in [1.29, 1.82) is 0 Å². The molecule has 1 rings (SSSR count). The first-order valence-electron chi connectivity index (χ1n) is 5.04. The lowest BCUT2D eigenvalue weighted by Crippen LogP contribution is -2.00. The van der Waals surface area contributed by atoms with Gasteiger partial charge in [-0.15, -0.1) is 0 Å². The lowest BCUT2D eigenvalue weighted by molar-refractivity contribution is 0.859. The molecule has 0 unspecified atom stereocenters. The number of hydrogen-bond acceptors (Lipinski definition) is 1. The van der Waals surface area contributed by atoms with Gasteiger partial charge in [0, 0.05) is 5.69 Å². The van der Waals surface area contributed by atoms with Gasteiger partial charge in [0.05, 0.1) is 0 Å². The van der Waals surface area contributed by atoms with E-state index in [0.717, 1.165) is 18.5 Å². The summed E-state index contributed by atoms with van der Waals surface area (Å²) in [6.07, 6.45) is 2.25. The summed E-state index contributed by atoms with van der Waals surface area (Å²) in [5.41, 5.74) is 9.65. The molecule has 13 heavy (non-hydrogen) atoms. The molecule has 0 aliphatic rings. The van der Waals surface area contributed by atoms with Gasteiger partial charge in [0.25, 0.3) is 0 Å². The van der Waals surface area contributed by atoms with Gasteiger partial charge in [-0.05, 0) is 23.5 Å². The minimum atomic E-state index is 0.525. The van der Waals surface area contributed by atoms with Gasteiger partial charge < -0.3 is 5.73 Å². The molecule has 2 N–H and O–H groups in total. The van der Waals surface area contributed by atoms with Crippen LogP contribution in [0.3, 0.4) is 0 Å². The molecule has 1 nitrogen and oxygen atoms in total. The van der Waals surface area contributed by atoms with E-state index >= 15 is 0 Å². The fourth-order valence-electron chi connectivity index (χ4n) is 1.62. The van der Waals surface area contributed by atoms with E-state index in [0.29, 0.717) is 5.92 Å². The van der Waals surface area contributed by atoms with E-state index in [4.69, 9.17) is 5.73 Å². The van der Waals surface area contributed by atoms with E-state index in [1.165, 1.54) is 11.1 Å². The highest BCUT2D eigenvalue weighted by Crippen LogP contribution is 2.25. The van der Waals surface area contributed by atoms with Crippen LogP contribution in [0.4, 0.5) is 5.69 Å². The Morgan fingerprint density at radius 3 is 2.54 bits per heavy atom. The monoisotopic (exact) mass is 177 g/mol. The maximum Gasteiger partial charge on any atom is 0.0381 e. The van der Waals surface area contributed by atoms with E-state index in [1.807, 2.05) is 0 Å². The van der Waals surface area contributed by atoms with Crippen molar-refractivity contribution in [3.05, 3.63) is 29.3 Å². The first-order chi connectivity index (χ1) is 6.16. The molecule has 0 saturated heterocycles. The average Bonchev–Trinajstić information content (AvgIpc) is 2.08. The molecule has 1 aromatic carbocycles. The minimum absolute atomic E-state index is 0.525. The number of nitrogen functional groups attached to an aromatic ring is 1. The number of hydrogen-bond donors (Lipinski definition) is 1. The number of benzene rings is 1. The highest BCUT2D eigenvalue weighted by molar-refractivity contribution is 5.55. The zero-order valence-electron chi connectivity index (χ0n) is 8.80. The molecule has 0 radical (unpaired) electrons. The Morgan fingerprint density at radius 2 is 2.00 bits per heavy atom. The van der Waals surface area contributed by atoms with Crippen LogP contribution >= 0.6 is 0 Å². The molecule has 0 fully saturated rings. The van der Waals surface area contributed by atoms with Crippen LogP contribution in [0.2, 0.25) is 0 Å². The molecule has 0 bridgehead atoms. The molecule has 0 aliphatic heterocycles. The molecule has 0 aliphatic carbocycles. The Morgan fingerprint density at radius 1 is 1.31 bits per heavy atom. The smallest absolute Gasteiger partial charge is 0.0381 e. The predicted octanol–water partition coefficient (Wildman–Crippen LogP) is 3.34. The van der Waals surface area contributed by atoms with E-state index in [2.05, 4.69) is 39.0 Å². The Labute approximate surface area is 81.0 Å². The van der Waals surface area contributed by atoms with Crippen LogP contribution in [0.15, 0.2) is 18.2 Å². The van der Waals surface area contributed by atoms with Crippen LogP contribution in [0.5, 0.6) is 0 Å². The van der Waals surface area contributed by atoms with Gasteiger partial charge >= 0.3 is 0 Å². The topological polar surface area (TPSA) is 26.0 Å². The van der Waals surface area contributed by atoms with Crippen LogP contribution in [-0.2, 0) is 6.42 Å². The van der Waals surface area contributed by atoms with Crippen molar-refractivity contribution in [2.45, 2.75) is 39.5 Å². The molecule has 0 amide bonds. The zero-order valence-corrected chi connectivity index (χ0v) is 8.80. The maximum atomic E-state index is 6.07. The molecule has 0 spiro atoms. The standard InChI is InChI=1S/C12H19N/c1-4-6-10-7-5-8-11(9(2)3)12(10)13/h5,7-9H,4,6,13H2,1-3H3. The highest BCUT2D eigenvalue weighted by atomic mass is 14.6. The quantitative estimate of drug-likeness (QED) is 0.704. The number of anilines is 1. The van der Waals surface area contributed by atoms with Gasteiger partial charge in [0.1, 0.15) is 0 Å². The SMILES string of the molecule is CCCc1cccc(C(C)C)c1N. The zero-order chi connectivity index (χ0) is 9.84. The van der Waals surface area contributed by atoms with Crippen molar-refractivity contribution < 1.29 is 0 Å². The van der Waals surface area contributed by atoms with Crippen molar-refractivity contribution in [2.24, 2.45) is 0 Å². The normalized spacial score (nSPS) is 10.8. The van der Waals surface area contributed by atoms with Gasteiger partial charge in [-0.2, -0.15) is 0 Å². The first-order valence-corrected chi connectivity index (χ1v) is 5.04. The summed E-state index contributed by atoms with van der Waals surface area (Å²) in [5.74, 6) is 0.525. The second-order valence-corrected chi connectivity index (χ2v) is 3.82. The molecule has 0 atom stereocenters. The van der Waals surface area contributed by atoms with Crippen LogP contribution in [-0.4, -0.2) is 0 Å². The molecule has 72 valence electrons. The molecule has 1 heteroatoms. The number of aryl methyl sites for hydroxylation is 1. The van der Waals surface area contributed by atoms with Gasteiger partial charge in [0.2, 0.25) is 0 Å². The fraction of sp³-hybridized carbons (Fsp3) is 0.500. The van der Waals surface area contributed by atoms with Crippen LogP contribution < -0.4 is 5.73 Å². The number of para-hydroxylation sites is 1. The van der Waals surface area contributed by atoms with E-state index < -0.39 is 0 Å². The second-order valence-electron chi connectivity index (χ2n) is 3.82. The van der Waals surface area contributed by atoms with Gasteiger partial charge in [0.15, 0.2) is 0 Å². The van der Waals surface area contributed by atoms with E-state index in [9.17, 15) is 0 Å². The summed E-state index contributed by atoms with van der Waals surface area (Å²) in [6, 6.07) is 6.36. The Balaban J connectivity index is 3.03. The third kappa shape index (κ3) is 2.24. The average molecular weight is 177 g/mol. The third-order valence-corrected chi connectivity index (χ3v) is 2.37. The van der Waals surface area contributed by atoms with Gasteiger partial charge in [-0.25, -0.2) is 0 Å². The highest BCUT2D eigenvalue weighted by Gasteiger charge is 2.06. The Bertz CT molecular complexity index is 276. The predicted molar refractivity (Wildman–Crippen MR) is 58.9 cm³/mol. The molecule has 1 aromatic rings. The van der Waals surface area contributed by atoms with Gasteiger partial charge in [-0.3, -0.25) is 0 Å². The Hall–Kier alpha value is -0.980. The van der Waals surface area contributed by atoms with Crippen LogP contribution in [0.25, 0.3) is 0 Å². The van der Waals surface area contributed by atoms with Crippen molar-refractivity contribution in [1.82, 2.24) is 0 Å². The Kier molecular flexibility index (Phi) is 3.35. The van der Waals surface area contributed by atoms with Crippen molar-refractivity contribution in [3.63, 3.8) is 0 Å². The maximum absolute atomic E-state index is 6.07. The third-order valence-electron chi connectivity index (χ3n) is 2.37. The van der Waals surface area contributed by atoms with Crippen LogP contribution in [0.1, 0.15) is 44.2 Å². The lowest BCUT2D eigenvalue weighted by atomic mass is 9.96. The van der Waals surface area contributed by atoms with Crippen molar-refractivity contribution in [3.8, 4) is 0 Å². The van der Waals surface area contributed by atoms with E-state index in [-0.39, 0.29) is 0 Å². The summed E-state index contributed by atoms with van der Waals surface area (Å²) < 4.78 is 0. The molecule has 0 aromatic heterocycles. The first kappa shape index (κ1) is 10.1. The summed E-state index contributed by atoms with van der Waals surface area (Å²) in [6.45, 7) is 6.55. The largest absolute Gasteiger partial charge is 0.398 e. The fourth-order valence-corrected chi connectivity index (χ4v) is 1.62. The minimum Gasteiger partial charge on any atom is -0.398 e. The molecule has 0 heterocycles. The van der Waals surface area contributed by atoms with Crippen molar-refractivity contribution >= 4 is 5.69 Å². The number of nitrogens with two attached hydrogens (primary N) is 1. The summed E-state index contributed by atoms with van der Waals surface area (Å²) >= 11 is 0. The molecular formula is C12H19N. The molecule has 0 saturated carbocycles. The lowest BCUT2D eigenvalue weighted by Gasteiger charge is -2.12. The molecular weight excluding hydrogens is 158 g/mol. The summed E-state index contributed by atoms with van der Waals surface area (Å²) in [5, 5.41) is 0. The number of rotatable bonds is 3. The van der Waals surface area contributed by atoms with Crippen molar-refractivity contribution in [2.75, 3.05) is 5.73 Å². The summed E-state index contributed by atoms with van der Waals surface area (Å²) in [4.78, 5) is 0. The van der Waals surface area contributed by atoms with E-state index in [1.54, 1.807) is 0 Å². The second kappa shape index (κ2) is 4.31. The van der Waals surface area contributed by atoms with Crippen LogP contribution in [0, 0.1) is 0 Å². The summed E-state index contributed by atoms with van der Waals surface area (Å²) in [7, 11) is 0.